The molecule has 1 amide bonds. The molecule has 1 N–H and O–H groups in total. The molecule has 3 rings (SSSR count). The van der Waals surface area contributed by atoms with Crippen LogP contribution in [0, 0.1) is 0 Å². The molecule has 0 atom stereocenters. The molecule has 6 nitrogen and oxygen atoms in total. The maximum Gasteiger partial charge on any atom is 0.264 e. The first-order chi connectivity index (χ1) is 10.2. The Kier molecular flexibility index (Phi) is 3.74. The van der Waals surface area contributed by atoms with Gasteiger partial charge in [0.25, 0.3) is 5.91 Å². The van der Waals surface area contributed by atoms with Crippen LogP contribution in [-0.2, 0) is 6.54 Å². The fourth-order valence-corrected chi connectivity index (χ4v) is 2.60. The third-order valence-corrected chi connectivity index (χ3v) is 3.79. The van der Waals surface area contributed by atoms with Crippen molar-refractivity contribution in [3.05, 3.63) is 52.7 Å². The predicted octanol–water partition coefficient (Wildman–Crippen LogP) is 2.20. The molecule has 0 aliphatic carbocycles. The van der Waals surface area contributed by atoms with Crippen molar-refractivity contribution in [1.82, 2.24) is 25.1 Å². The van der Waals surface area contributed by atoms with E-state index in [-0.39, 0.29) is 5.91 Å². The second-order valence-corrected chi connectivity index (χ2v) is 5.43. The summed E-state index contributed by atoms with van der Waals surface area (Å²) in [7, 11) is 1.75. The van der Waals surface area contributed by atoms with Gasteiger partial charge in [0.2, 0.25) is 0 Å². The SMILES string of the molecule is CN(Cc1nc(-c2ccncc2)n[nH]1)C(=O)c1cccs1. The largest absolute Gasteiger partial charge is 0.333 e. The number of carbonyl (C=O) groups excluding carboxylic acids is 1. The Morgan fingerprint density at radius 3 is 2.86 bits per heavy atom. The van der Waals surface area contributed by atoms with Crippen LogP contribution in [0.15, 0.2) is 42.0 Å². The van der Waals surface area contributed by atoms with Gasteiger partial charge in [0.05, 0.1) is 11.4 Å². The Morgan fingerprint density at radius 1 is 1.33 bits per heavy atom. The van der Waals surface area contributed by atoms with Gasteiger partial charge in [0.15, 0.2) is 5.82 Å². The van der Waals surface area contributed by atoms with Crippen LogP contribution in [0.3, 0.4) is 0 Å². The van der Waals surface area contributed by atoms with Crippen molar-refractivity contribution in [3.8, 4) is 11.4 Å². The van der Waals surface area contributed by atoms with Crippen LogP contribution < -0.4 is 0 Å². The summed E-state index contributed by atoms with van der Waals surface area (Å²) in [5.41, 5.74) is 0.889. The van der Waals surface area contributed by atoms with E-state index in [2.05, 4.69) is 20.2 Å². The van der Waals surface area contributed by atoms with Gasteiger partial charge in [0.1, 0.15) is 5.82 Å². The molecule has 0 aliphatic heterocycles. The predicted molar refractivity (Wildman–Crippen MR) is 79.7 cm³/mol. The maximum absolute atomic E-state index is 12.2. The summed E-state index contributed by atoms with van der Waals surface area (Å²) in [6, 6.07) is 7.36. The van der Waals surface area contributed by atoms with Crippen LogP contribution in [0.25, 0.3) is 11.4 Å². The van der Waals surface area contributed by atoms with Crippen molar-refractivity contribution in [2.75, 3.05) is 7.05 Å². The molecule has 106 valence electrons. The zero-order valence-corrected chi connectivity index (χ0v) is 12.2. The normalized spacial score (nSPS) is 10.5. The Balaban J connectivity index is 1.71. The van der Waals surface area contributed by atoms with E-state index in [0.717, 1.165) is 5.56 Å². The van der Waals surface area contributed by atoms with Gasteiger partial charge in [-0.1, -0.05) is 6.07 Å². The third-order valence-electron chi connectivity index (χ3n) is 2.94. The maximum atomic E-state index is 12.2. The molecule has 0 aliphatic rings. The zero-order chi connectivity index (χ0) is 14.7. The number of aromatic amines is 1. The van der Waals surface area contributed by atoms with Gasteiger partial charge in [-0.25, -0.2) is 4.98 Å². The monoisotopic (exact) mass is 299 g/mol. The summed E-state index contributed by atoms with van der Waals surface area (Å²) >= 11 is 1.43. The van der Waals surface area contributed by atoms with Crippen LogP contribution in [0.5, 0.6) is 0 Å². The average Bonchev–Trinajstić information content (AvgIpc) is 3.19. The highest BCUT2D eigenvalue weighted by Crippen LogP contribution is 2.15. The van der Waals surface area contributed by atoms with Crippen molar-refractivity contribution < 1.29 is 4.79 Å². The molecule has 0 spiro atoms. The molecule has 0 radical (unpaired) electrons. The highest BCUT2D eigenvalue weighted by atomic mass is 32.1. The molecule has 0 saturated carbocycles. The van der Waals surface area contributed by atoms with Gasteiger partial charge >= 0.3 is 0 Å². The number of rotatable bonds is 4. The summed E-state index contributed by atoms with van der Waals surface area (Å²) in [4.78, 5) is 22.8. The molecule has 3 aromatic heterocycles. The van der Waals surface area contributed by atoms with Crippen LogP contribution in [0.4, 0.5) is 0 Å². The van der Waals surface area contributed by atoms with Crippen LogP contribution in [0.2, 0.25) is 0 Å². The number of hydrogen-bond donors (Lipinski definition) is 1. The minimum atomic E-state index is -0.0214. The number of H-pyrrole nitrogens is 1. The molecule has 0 saturated heterocycles. The third kappa shape index (κ3) is 2.97. The first-order valence-corrected chi connectivity index (χ1v) is 7.22. The van der Waals surface area contributed by atoms with Gasteiger partial charge in [-0.05, 0) is 23.6 Å². The van der Waals surface area contributed by atoms with Crippen molar-refractivity contribution >= 4 is 17.2 Å². The zero-order valence-electron chi connectivity index (χ0n) is 11.4. The standard InChI is InChI=1S/C14H13N5OS/c1-19(14(20)11-3-2-8-21-11)9-12-16-13(18-17-12)10-4-6-15-7-5-10/h2-8H,9H2,1H3,(H,16,17,18). The van der Waals surface area contributed by atoms with Crippen molar-refractivity contribution in [1.29, 1.82) is 0 Å². The van der Waals surface area contributed by atoms with E-state index in [0.29, 0.717) is 23.1 Å². The molecule has 3 heterocycles. The lowest BCUT2D eigenvalue weighted by Crippen LogP contribution is -2.25. The fourth-order valence-electron chi connectivity index (χ4n) is 1.88. The summed E-state index contributed by atoms with van der Waals surface area (Å²) in [6.07, 6.45) is 3.38. The van der Waals surface area contributed by atoms with Gasteiger partial charge in [-0.3, -0.25) is 14.9 Å². The molecule has 0 aromatic carbocycles. The van der Waals surface area contributed by atoms with E-state index in [1.54, 1.807) is 24.3 Å². The number of hydrogen-bond acceptors (Lipinski definition) is 5. The van der Waals surface area contributed by atoms with Crippen LogP contribution >= 0.6 is 11.3 Å². The highest BCUT2D eigenvalue weighted by Gasteiger charge is 2.15. The van der Waals surface area contributed by atoms with Gasteiger partial charge < -0.3 is 4.90 Å². The van der Waals surface area contributed by atoms with Crippen molar-refractivity contribution in [2.45, 2.75) is 6.54 Å². The Labute approximate surface area is 125 Å². The summed E-state index contributed by atoms with van der Waals surface area (Å²) in [6.45, 7) is 0.384. The number of aromatic nitrogens is 4. The minimum Gasteiger partial charge on any atom is -0.333 e. The van der Waals surface area contributed by atoms with E-state index < -0.39 is 0 Å². The molecular formula is C14H13N5OS. The lowest BCUT2D eigenvalue weighted by molar-refractivity contribution is 0.0786. The van der Waals surface area contributed by atoms with E-state index in [4.69, 9.17) is 0 Å². The number of nitrogens with zero attached hydrogens (tertiary/aromatic N) is 4. The molecule has 0 fully saturated rings. The topological polar surface area (TPSA) is 74.8 Å². The number of amides is 1. The fraction of sp³-hybridized carbons (Fsp3) is 0.143. The highest BCUT2D eigenvalue weighted by molar-refractivity contribution is 7.12. The molecule has 7 heteroatoms. The lowest BCUT2D eigenvalue weighted by atomic mass is 10.2. The van der Waals surface area contributed by atoms with Crippen LogP contribution in [-0.4, -0.2) is 38.0 Å². The Hall–Kier alpha value is -2.54. The van der Waals surface area contributed by atoms with Crippen LogP contribution in [0.1, 0.15) is 15.5 Å². The second-order valence-electron chi connectivity index (χ2n) is 4.48. The molecule has 3 aromatic rings. The van der Waals surface area contributed by atoms with E-state index >= 15 is 0 Å². The summed E-state index contributed by atoms with van der Waals surface area (Å²) < 4.78 is 0. The average molecular weight is 299 g/mol. The Morgan fingerprint density at radius 2 is 2.14 bits per heavy atom. The first kappa shape index (κ1) is 13.4. The molecule has 0 unspecified atom stereocenters. The minimum absolute atomic E-state index is 0.0214. The molecule has 0 bridgehead atoms. The smallest absolute Gasteiger partial charge is 0.264 e. The van der Waals surface area contributed by atoms with Gasteiger partial charge in [-0.15, -0.1) is 11.3 Å². The van der Waals surface area contributed by atoms with Crippen molar-refractivity contribution in [2.24, 2.45) is 0 Å². The number of pyridine rings is 1. The summed E-state index contributed by atoms with van der Waals surface area (Å²) in [5, 5.41) is 8.91. The number of thiophene rings is 1. The first-order valence-electron chi connectivity index (χ1n) is 6.34. The van der Waals surface area contributed by atoms with Crippen molar-refractivity contribution in [3.63, 3.8) is 0 Å². The lowest BCUT2D eigenvalue weighted by Gasteiger charge is -2.13. The second kappa shape index (κ2) is 5.84. The van der Waals surface area contributed by atoms with E-state index in [1.807, 2.05) is 29.6 Å². The van der Waals surface area contributed by atoms with E-state index in [9.17, 15) is 4.79 Å². The Bertz CT molecular complexity index is 723. The number of carbonyl (C=O) groups is 1. The molecular weight excluding hydrogens is 286 g/mol. The van der Waals surface area contributed by atoms with E-state index in [1.165, 1.54) is 11.3 Å². The number of nitrogens with one attached hydrogen (secondary N) is 1. The quantitative estimate of drug-likeness (QED) is 0.801. The van der Waals surface area contributed by atoms with Gasteiger partial charge in [-0.2, -0.15) is 5.10 Å². The van der Waals surface area contributed by atoms with Gasteiger partial charge in [0, 0.05) is 25.0 Å². The molecule has 21 heavy (non-hydrogen) atoms. The summed E-state index contributed by atoms with van der Waals surface area (Å²) in [5.74, 6) is 1.23.